The summed E-state index contributed by atoms with van der Waals surface area (Å²) in [6, 6.07) is -0.00231. The number of rotatable bonds is 0. The molecule has 1 saturated carbocycles. The summed E-state index contributed by atoms with van der Waals surface area (Å²) < 4.78 is 0. The molecule has 0 aromatic heterocycles. The molecule has 1 aliphatic carbocycles. The van der Waals surface area contributed by atoms with Crippen molar-refractivity contribution in [2.24, 2.45) is 0 Å². The van der Waals surface area contributed by atoms with Gasteiger partial charge in [-0.25, -0.2) is 4.79 Å². The molecule has 60 valence electrons. The second-order valence-corrected chi connectivity index (χ2v) is 3.18. The fourth-order valence-corrected chi connectivity index (χ4v) is 1.99. The highest BCUT2D eigenvalue weighted by molar-refractivity contribution is 5.84. The Bertz CT molecular complexity index is 212. The van der Waals surface area contributed by atoms with E-state index in [1.54, 1.807) is 0 Å². The van der Waals surface area contributed by atoms with Gasteiger partial charge < -0.3 is 10.0 Å². The Balaban J connectivity index is 2.09. The zero-order valence-corrected chi connectivity index (χ0v) is 5.99. The molecule has 2 aliphatic heterocycles. The maximum absolute atomic E-state index is 10.9. The first kappa shape index (κ1) is 6.64. The molecule has 1 amide bonds. The van der Waals surface area contributed by atoms with Gasteiger partial charge in [-0.1, -0.05) is 0 Å². The van der Waals surface area contributed by atoms with Crippen LogP contribution in [0.3, 0.4) is 0 Å². The molecule has 0 aromatic rings. The van der Waals surface area contributed by atoms with E-state index in [-0.39, 0.29) is 17.9 Å². The molecule has 2 bridgehead atoms. The van der Waals surface area contributed by atoms with Gasteiger partial charge in [0.25, 0.3) is 0 Å². The molecule has 1 N–H and O–H groups in total. The van der Waals surface area contributed by atoms with Crippen LogP contribution in [-0.4, -0.2) is 34.0 Å². The van der Waals surface area contributed by atoms with E-state index in [1.165, 1.54) is 4.90 Å². The summed E-state index contributed by atoms with van der Waals surface area (Å²) in [5, 5.41) is 8.64. The van der Waals surface area contributed by atoms with Crippen LogP contribution in [0.5, 0.6) is 0 Å². The Hall–Kier alpha value is -1.06. The van der Waals surface area contributed by atoms with Gasteiger partial charge in [0, 0.05) is 24.9 Å². The number of piperidine rings is 1. The van der Waals surface area contributed by atoms with Crippen molar-refractivity contribution in [2.45, 2.75) is 31.3 Å². The first-order valence-electron chi connectivity index (χ1n) is 3.71. The van der Waals surface area contributed by atoms with Gasteiger partial charge in [0.1, 0.15) is 5.78 Å². The SMILES string of the molecule is O=C1CC2CC(C1)N2C(=O)O. The maximum atomic E-state index is 10.9. The standard InChI is InChI=1S/C7H9NO3/c9-6-2-4-1-5(3-6)8(4)7(10)11/h4-5H,1-3H2,(H,10,11). The highest BCUT2D eigenvalue weighted by atomic mass is 16.4. The van der Waals surface area contributed by atoms with Crippen molar-refractivity contribution >= 4 is 11.9 Å². The average Bonchev–Trinajstić information content (AvgIpc) is 1.84. The number of Topliss-reactive ketones (excluding diaryl/α,β-unsaturated/α-hetero) is 1. The summed E-state index contributed by atoms with van der Waals surface area (Å²) in [7, 11) is 0. The van der Waals surface area contributed by atoms with Crippen LogP contribution in [0.15, 0.2) is 0 Å². The predicted molar refractivity (Wildman–Crippen MR) is 36.3 cm³/mol. The minimum atomic E-state index is -0.876. The number of carbonyl (C=O) groups is 2. The van der Waals surface area contributed by atoms with E-state index in [2.05, 4.69) is 0 Å². The van der Waals surface area contributed by atoms with Gasteiger partial charge in [0.2, 0.25) is 0 Å². The van der Waals surface area contributed by atoms with Crippen LogP contribution in [0.25, 0.3) is 0 Å². The molecule has 4 nitrogen and oxygen atoms in total. The van der Waals surface area contributed by atoms with E-state index in [1.807, 2.05) is 0 Å². The number of hydrogen-bond acceptors (Lipinski definition) is 2. The highest BCUT2D eigenvalue weighted by Gasteiger charge is 2.47. The molecule has 2 atom stereocenters. The van der Waals surface area contributed by atoms with E-state index < -0.39 is 6.09 Å². The van der Waals surface area contributed by atoms with Gasteiger partial charge in [0.15, 0.2) is 0 Å². The Morgan fingerprint density at radius 1 is 1.45 bits per heavy atom. The normalized spacial score (nSPS) is 34.9. The number of carboxylic acid groups (broad SMARTS) is 1. The van der Waals surface area contributed by atoms with Gasteiger partial charge >= 0.3 is 6.09 Å². The first-order valence-corrected chi connectivity index (χ1v) is 3.71. The smallest absolute Gasteiger partial charge is 0.407 e. The minimum Gasteiger partial charge on any atom is -0.465 e. The Labute approximate surface area is 63.8 Å². The lowest BCUT2D eigenvalue weighted by atomic mass is 9.79. The van der Waals surface area contributed by atoms with E-state index in [0.717, 1.165) is 6.42 Å². The molecule has 3 aliphatic rings. The summed E-state index contributed by atoms with van der Waals surface area (Å²) in [6.07, 6.45) is 0.877. The van der Waals surface area contributed by atoms with Gasteiger partial charge in [0.05, 0.1) is 0 Å². The van der Waals surface area contributed by atoms with Crippen LogP contribution < -0.4 is 0 Å². The predicted octanol–water partition coefficient (Wildman–Crippen LogP) is 0.470. The summed E-state index contributed by atoms with van der Waals surface area (Å²) in [5.74, 6) is 0.212. The van der Waals surface area contributed by atoms with Crippen LogP contribution >= 0.6 is 0 Å². The molecule has 3 rings (SSSR count). The van der Waals surface area contributed by atoms with E-state index >= 15 is 0 Å². The minimum absolute atomic E-state index is 0.00116. The second kappa shape index (κ2) is 1.96. The molecule has 2 heterocycles. The lowest BCUT2D eigenvalue weighted by Crippen LogP contribution is -2.62. The largest absolute Gasteiger partial charge is 0.465 e. The van der Waals surface area contributed by atoms with Crippen molar-refractivity contribution in [1.29, 1.82) is 0 Å². The third-order valence-corrected chi connectivity index (χ3v) is 2.48. The Morgan fingerprint density at radius 3 is 2.45 bits per heavy atom. The van der Waals surface area contributed by atoms with Gasteiger partial charge in [-0.05, 0) is 6.42 Å². The van der Waals surface area contributed by atoms with Crippen LogP contribution in [0.1, 0.15) is 19.3 Å². The molecule has 4 heteroatoms. The first-order chi connectivity index (χ1) is 5.18. The van der Waals surface area contributed by atoms with Crippen LogP contribution in [0.4, 0.5) is 4.79 Å². The quantitative estimate of drug-likeness (QED) is 0.553. The van der Waals surface area contributed by atoms with E-state index in [9.17, 15) is 9.59 Å². The van der Waals surface area contributed by atoms with Crippen LogP contribution in [0.2, 0.25) is 0 Å². The number of amides is 1. The number of fused-ring (bicyclic) bond motifs is 2. The van der Waals surface area contributed by atoms with E-state index in [0.29, 0.717) is 12.8 Å². The van der Waals surface area contributed by atoms with Crippen molar-refractivity contribution in [3.8, 4) is 0 Å². The van der Waals surface area contributed by atoms with Crippen molar-refractivity contribution in [2.75, 3.05) is 0 Å². The van der Waals surface area contributed by atoms with Crippen molar-refractivity contribution in [1.82, 2.24) is 4.90 Å². The molecule has 0 radical (unpaired) electrons. The summed E-state index contributed by atoms with van der Waals surface area (Å²) in [4.78, 5) is 22.8. The van der Waals surface area contributed by atoms with Gasteiger partial charge in [-0.15, -0.1) is 0 Å². The second-order valence-electron chi connectivity index (χ2n) is 3.18. The Morgan fingerprint density at radius 2 is 2.00 bits per heavy atom. The number of ketones is 1. The molecular weight excluding hydrogens is 146 g/mol. The number of nitrogens with zero attached hydrogens (tertiary/aromatic N) is 1. The molecule has 2 saturated heterocycles. The van der Waals surface area contributed by atoms with Crippen molar-refractivity contribution in [3.05, 3.63) is 0 Å². The lowest BCUT2D eigenvalue weighted by Gasteiger charge is -2.50. The zero-order valence-electron chi connectivity index (χ0n) is 5.99. The highest BCUT2D eigenvalue weighted by Crippen LogP contribution is 2.35. The summed E-state index contributed by atoms with van der Waals surface area (Å²) in [6.45, 7) is 0. The van der Waals surface area contributed by atoms with Crippen molar-refractivity contribution in [3.63, 3.8) is 0 Å². The fourth-order valence-electron chi connectivity index (χ4n) is 1.99. The molecule has 0 spiro atoms. The third-order valence-electron chi connectivity index (χ3n) is 2.48. The van der Waals surface area contributed by atoms with Gasteiger partial charge in [-0.2, -0.15) is 0 Å². The Kier molecular flexibility index (Phi) is 1.19. The fraction of sp³-hybridized carbons (Fsp3) is 0.714. The van der Waals surface area contributed by atoms with Gasteiger partial charge in [-0.3, -0.25) is 4.79 Å². The molecular formula is C7H9NO3. The summed E-state index contributed by atoms with van der Waals surface area (Å²) >= 11 is 0. The maximum Gasteiger partial charge on any atom is 0.407 e. The molecule has 11 heavy (non-hydrogen) atoms. The monoisotopic (exact) mass is 155 g/mol. The third kappa shape index (κ3) is 0.818. The lowest BCUT2D eigenvalue weighted by molar-refractivity contribution is -0.130. The zero-order chi connectivity index (χ0) is 8.01. The van der Waals surface area contributed by atoms with Crippen molar-refractivity contribution < 1.29 is 14.7 Å². The number of carbonyl (C=O) groups excluding carboxylic acids is 1. The van der Waals surface area contributed by atoms with Crippen LogP contribution in [-0.2, 0) is 4.79 Å². The summed E-state index contributed by atoms with van der Waals surface area (Å²) in [5.41, 5.74) is 0. The molecule has 0 aromatic carbocycles. The van der Waals surface area contributed by atoms with Crippen LogP contribution in [0, 0.1) is 0 Å². The topological polar surface area (TPSA) is 57.6 Å². The molecule has 3 fully saturated rings. The average molecular weight is 155 g/mol. The number of hydrogen-bond donors (Lipinski definition) is 1. The molecule has 2 unspecified atom stereocenters. The van der Waals surface area contributed by atoms with E-state index in [4.69, 9.17) is 5.11 Å².